The molecule has 0 unspecified atom stereocenters. The fraction of sp³-hybridized carbons (Fsp3) is 0. The molecule has 1 heterocycles. The zero-order valence-corrected chi connectivity index (χ0v) is 27.1. The summed E-state index contributed by atoms with van der Waals surface area (Å²) in [7, 11) is 0. The van der Waals surface area contributed by atoms with Gasteiger partial charge in [-0.15, -0.1) is 11.3 Å². The Bertz CT molecular complexity index is 2530. The zero-order valence-electron chi connectivity index (χ0n) is 26.3. The average Bonchev–Trinajstić information content (AvgIpc) is 3.56. The van der Waals surface area contributed by atoms with Crippen LogP contribution in [0.1, 0.15) is 0 Å². The molecule has 0 aliphatic heterocycles. The Morgan fingerprint density at radius 2 is 0.875 bits per heavy atom. The lowest BCUT2D eigenvalue weighted by Gasteiger charge is -2.28. The van der Waals surface area contributed by atoms with Gasteiger partial charge in [-0.25, -0.2) is 0 Å². The first-order valence-corrected chi connectivity index (χ1v) is 17.2. The molecule has 1 nitrogen and oxygen atoms in total. The topological polar surface area (TPSA) is 3.24 Å². The van der Waals surface area contributed by atoms with E-state index < -0.39 is 0 Å². The maximum atomic E-state index is 2.43. The van der Waals surface area contributed by atoms with Gasteiger partial charge in [-0.2, -0.15) is 0 Å². The maximum absolute atomic E-state index is 2.43. The number of nitrogens with zero attached hydrogens (tertiary/aromatic N) is 1. The lowest BCUT2D eigenvalue weighted by atomic mass is 9.93. The molecule has 0 fully saturated rings. The number of anilines is 3. The van der Waals surface area contributed by atoms with Crippen molar-refractivity contribution in [3.8, 4) is 33.4 Å². The number of rotatable bonds is 6. The first-order chi connectivity index (χ1) is 23.8. The summed E-state index contributed by atoms with van der Waals surface area (Å²) in [6, 6.07) is 68.1. The van der Waals surface area contributed by atoms with Crippen molar-refractivity contribution >= 4 is 59.3 Å². The van der Waals surface area contributed by atoms with Crippen LogP contribution in [0.4, 0.5) is 17.1 Å². The fourth-order valence-electron chi connectivity index (χ4n) is 6.98. The van der Waals surface area contributed by atoms with Gasteiger partial charge in [0.25, 0.3) is 0 Å². The Morgan fingerprint density at radius 3 is 1.60 bits per heavy atom. The van der Waals surface area contributed by atoms with Gasteiger partial charge in [0.15, 0.2) is 0 Å². The second-order valence-electron chi connectivity index (χ2n) is 12.1. The van der Waals surface area contributed by atoms with Crippen LogP contribution in [0.25, 0.3) is 64.3 Å². The summed E-state index contributed by atoms with van der Waals surface area (Å²) >= 11 is 1.88. The first-order valence-electron chi connectivity index (χ1n) is 16.4. The Balaban J connectivity index is 1.28. The largest absolute Gasteiger partial charge is 0.310 e. The molecular formula is C46H31NS. The van der Waals surface area contributed by atoms with Gasteiger partial charge in [0.1, 0.15) is 0 Å². The minimum Gasteiger partial charge on any atom is -0.310 e. The van der Waals surface area contributed by atoms with Gasteiger partial charge in [0.2, 0.25) is 0 Å². The number of thiophene rings is 1. The molecule has 226 valence electrons. The van der Waals surface area contributed by atoms with E-state index in [1.54, 1.807) is 0 Å². The number of fused-ring (bicyclic) bond motifs is 5. The molecule has 0 bridgehead atoms. The van der Waals surface area contributed by atoms with Gasteiger partial charge in [-0.05, 0) is 69.8 Å². The fourth-order valence-corrected chi connectivity index (χ4v) is 8.21. The third-order valence-electron chi connectivity index (χ3n) is 9.28. The Labute approximate surface area is 284 Å². The standard InChI is InChI=1S/C46H31NS/c1-4-13-32(14-5-1)33-23-25-36(26-24-33)47(37-27-28-38(34-15-6-2-7-16-34)43(31-37)35-17-8-3-9-18-35)44-21-12-20-41-39(44)29-30-42-40-19-10-11-22-45(40)48-46(41)42/h1-31H. The van der Waals surface area contributed by atoms with Crippen molar-refractivity contribution in [1.29, 1.82) is 0 Å². The molecule has 0 atom stereocenters. The van der Waals surface area contributed by atoms with E-state index in [4.69, 9.17) is 0 Å². The zero-order chi connectivity index (χ0) is 31.9. The normalized spacial score (nSPS) is 11.3. The van der Waals surface area contributed by atoms with E-state index in [1.807, 2.05) is 11.3 Å². The van der Waals surface area contributed by atoms with Gasteiger partial charge >= 0.3 is 0 Å². The van der Waals surface area contributed by atoms with E-state index >= 15 is 0 Å². The molecule has 48 heavy (non-hydrogen) atoms. The Kier molecular flexibility index (Phi) is 7.07. The highest BCUT2D eigenvalue weighted by atomic mass is 32.1. The van der Waals surface area contributed by atoms with E-state index in [1.165, 1.54) is 64.3 Å². The number of hydrogen-bond acceptors (Lipinski definition) is 2. The van der Waals surface area contributed by atoms with Crippen molar-refractivity contribution in [1.82, 2.24) is 0 Å². The SMILES string of the molecule is c1ccc(-c2ccc(N(c3ccc(-c4ccccc4)c(-c4ccccc4)c3)c3cccc4c3ccc3c5ccccc5sc43)cc2)cc1. The molecule has 9 rings (SSSR count). The predicted octanol–water partition coefficient (Wildman–Crippen LogP) is 13.7. The maximum Gasteiger partial charge on any atom is 0.0540 e. The van der Waals surface area contributed by atoms with Gasteiger partial charge in [0.05, 0.1) is 5.69 Å². The number of benzene rings is 8. The van der Waals surface area contributed by atoms with Gasteiger partial charge in [-0.1, -0.05) is 152 Å². The minimum atomic E-state index is 1.12. The summed E-state index contributed by atoms with van der Waals surface area (Å²) in [5.74, 6) is 0. The van der Waals surface area contributed by atoms with Gasteiger partial charge in [-0.3, -0.25) is 0 Å². The van der Waals surface area contributed by atoms with Crippen LogP contribution in [0.15, 0.2) is 188 Å². The van der Waals surface area contributed by atoms with E-state index in [2.05, 4.69) is 193 Å². The lowest BCUT2D eigenvalue weighted by Crippen LogP contribution is -2.11. The van der Waals surface area contributed by atoms with Crippen LogP contribution in [-0.4, -0.2) is 0 Å². The molecule has 0 amide bonds. The molecule has 8 aromatic carbocycles. The van der Waals surface area contributed by atoms with Crippen molar-refractivity contribution in [3.63, 3.8) is 0 Å². The monoisotopic (exact) mass is 629 g/mol. The summed E-state index contributed by atoms with van der Waals surface area (Å²) in [5, 5.41) is 5.15. The average molecular weight is 630 g/mol. The van der Waals surface area contributed by atoms with Gasteiger partial charge < -0.3 is 4.90 Å². The molecule has 2 heteroatoms. The van der Waals surface area contributed by atoms with E-state index in [0.717, 1.165) is 17.1 Å². The Hall–Kier alpha value is -5.96. The van der Waals surface area contributed by atoms with Crippen molar-refractivity contribution in [2.24, 2.45) is 0 Å². The Morgan fingerprint density at radius 1 is 0.333 bits per heavy atom. The van der Waals surface area contributed by atoms with Crippen LogP contribution in [0.3, 0.4) is 0 Å². The first kappa shape index (κ1) is 28.3. The van der Waals surface area contributed by atoms with Crippen molar-refractivity contribution in [3.05, 3.63) is 188 Å². The smallest absolute Gasteiger partial charge is 0.0540 e. The molecular weight excluding hydrogens is 599 g/mol. The van der Waals surface area contributed by atoms with Crippen molar-refractivity contribution in [2.75, 3.05) is 4.90 Å². The molecule has 0 saturated heterocycles. The number of hydrogen-bond donors (Lipinski definition) is 0. The van der Waals surface area contributed by atoms with Crippen LogP contribution in [0, 0.1) is 0 Å². The van der Waals surface area contributed by atoms with Crippen LogP contribution in [0.2, 0.25) is 0 Å². The summed E-state index contributed by atoms with van der Waals surface area (Å²) in [5.41, 5.74) is 10.6. The molecule has 0 aliphatic rings. The van der Waals surface area contributed by atoms with E-state index in [9.17, 15) is 0 Å². The van der Waals surface area contributed by atoms with E-state index in [0.29, 0.717) is 0 Å². The van der Waals surface area contributed by atoms with Crippen molar-refractivity contribution in [2.45, 2.75) is 0 Å². The summed E-state index contributed by atoms with van der Waals surface area (Å²) in [6.07, 6.45) is 0. The highest BCUT2D eigenvalue weighted by molar-refractivity contribution is 7.26. The van der Waals surface area contributed by atoms with E-state index in [-0.39, 0.29) is 0 Å². The van der Waals surface area contributed by atoms with Crippen LogP contribution in [-0.2, 0) is 0 Å². The lowest BCUT2D eigenvalue weighted by molar-refractivity contribution is 1.30. The quantitative estimate of drug-likeness (QED) is 0.177. The van der Waals surface area contributed by atoms with Crippen molar-refractivity contribution < 1.29 is 0 Å². The molecule has 0 N–H and O–H groups in total. The van der Waals surface area contributed by atoms with Crippen LogP contribution in [0.5, 0.6) is 0 Å². The highest BCUT2D eigenvalue weighted by Crippen LogP contribution is 2.46. The summed E-state index contributed by atoms with van der Waals surface area (Å²) < 4.78 is 2.65. The third kappa shape index (κ3) is 4.95. The molecule has 0 radical (unpaired) electrons. The molecule has 1 aromatic heterocycles. The second kappa shape index (κ2) is 12.0. The molecule has 0 saturated carbocycles. The molecule has 9 aromatic rings. The predicted molar refractivity (Wildman–Crippen MR) is 208 cm³/mol. The molecule has 0 spiro atoms. The minimum absolute atomic E-state index is 1.12. The third-order valence-corrected chi connectivity index (χ3v) is 10.5. The highest BCUT2D eigenvalue weighted by Gasteiger charge is 2.20. The second-order valence-corrected chi connectivity index (χ2v) is 13.2. The molecule has 0 aliphatic carbocycles. The van der Waals surface area contributed by atoms with Crippen LogP contribution >= 0.6 is 11.3 Å². The van der Waals surface area contributed by atoms with Gasteiger partial charge in [0, 0.05) is 42.3 Å². The van der Waals surface area contributed by atoms with Crippen LogP contribution < -0.4 is 4.90 Å². The summed E-state index contributed by atoms with van der Waals surface area (Å²) in [6.45, 7) is 0. The summed E-state index contributed by atoms with van der Waals surface area (Å²) in [4.78, 5) is 2.43.